The summed E-state index contributed by atoms with van der Waals surface area (Å²) in [6.07, 6.45) is 73.1. The summed E-state index contributed by atoms with van der Waals surface area (Å²) in [7, 11) is 0. The zero-order valence-corrected chi connectivity index (χ0v) is 45.6. The predicted molar refractivity (Wildman–Crippen MR) is 298 cm³/mol. The van der Waals surface area contributed by atoms with Crippen LogP contribution in [0.15, 0.2) is 72.9 Å². The second kappa shape index (κ2) is 57.4. The van der Waals surface area contributed by atoms with Crippen molar-refractivity contribution in [2.24, 2.45) is 0 Å². The lowest BCUT2D eigenvalue weighted by atomic mass is 10.1. The van der Waals surface area contributed by atoms with E-state index < -0.39 is 6.10 Å². The van der Waals surface area contributed by atoms with Crippen LogP contribution in [-0.4, -0.2) is 37.2 Å². The molecule has 6 heteroatoms. The molecule has 0 aliphatic heterocycles. The molecule has 0 heterocycles. The van der Waals surface area contributed by atoms with Crippen LogP contribution in [0, 0.1) is 0 Å². The molecule has 0 radical (unpaired) electrons. The van der Waals surface area contributed by atoms with Crippen molar-refractivity contribution in [3.8, 4) is 0 Å². The minimum absolute atomic E-state index is 0.0906. The first-order valence-electron chi connectivity index (χ1n) is 29.4. The van der Waals surface area contributed by atoms with Gasteiger partial charge in [0.15, 0.2) is 6.10 Å². The third kappa shape index (κ3) is 55.6. The maximum Gasteiger partial charge on any atom is 0.306 e. The monoisotopic (exact) mass is 963 g/mol. The summed E-state index contributed by atoms with van der Waals surface area (Å²) in [5, 5.41) is 0. The molecule has 0 unspecified atom stereocenters. The van der Waals surface area contributed by atoms with Gasteiger partial charge in [0, 0.05) is 19.3 Å². The van der Waals surface area contributed by atoms with Gasteiger partial charge in [0.25, 0.3) is 0 Å². The minimum atomic E-state index is -0.795. The molecule has 0 saturated carbocycles. The van der Waals surface area contributed by atoms with Crippen molar-refractivity contribution in [3.63, 3.8) is 0 Å². The van der Waals surface area contributed by atoms with Gasteiger partial charge in [0.1, 0.15) is 13.2 Å². The van der Waals surface area contributed by atoms with Crippen molar-refractivity contribution >= 4 is 17.9 Å². The van der Waals surface area contributed by atoms with E-state index in [9.17, 15) is 14.4 Å². The number of esters is 3. The first kappa shape index (κ1) is 65.8. The Morgan fingerprint density at radius 1 is 0.290 bits per heavy atom. The fraction of sp³-hybridized carbons (Fsp3) is 0.762. The van der Waals surface area contributed by atoms with Crippen LogP contribution in [0.25, 0.3) is 0 Å². The Morgan fingerprint density at radius 2 is 0.522 bits per heavy atom. The van der Waals surface area contributed by atoms with E-state index in [1.807, 2.05) is 0 Å². The van der Waals surface area contributed by atoms with Gasteiger partial charge in [-0.3, -0.25) is 14.4 Å². The van der Waals surface area contributed by atoms with Gasteiger partial charge < -0.3 is 14.2 Å². The lowest BCUT2D eigenvalue weighted by Gasteiger charge is -2.18. The number of unbranched alkanes of at least 4 members (excludes halogenated alkanes) is 30. The minimum Gasteiger partial charge on any atom is -0.462 e. The molecule has 1 atom stereocenters. The molecule has 0 amide bonds. The molecule has 0 bridgehead atoms. The molecule has 0 aromatic heterocycles. The van der Waals surface area contributed by atoms with Gasteiger partial charge in [-0.1, -0.05) is 229 Å². The Bertz CT molecular complexity index is 1290. The average Bonchev–Trinajstić information content (AvgIpc) is 3.35. The second-order valence-corrected chi connectivity index (χ2v) is 19.5. The first-order chi connectivity index (χ1) is 34.0. The normalized spacial score (nSPS) is 12.6. The van der Waals surface area contributed by atoms with Crippen molar-refractivity contribution < 1.29 is 28.6 Å². The van der Waals surface area contributed by atoms with Gasteiger partial charge in [0.05, 0.1) is 0 Å². The first-order valence-corrected chi connectivity index (χ1v) is 29.4. The maximum absolute atomic E-state index is 12.9. The molecule has 0 spiro atoms. The summed E-state index contributed by atoms with van der Waals surface area (Å²) in [5.41, 5.74) is 0. The largest absolute Gasteiger partial charge is 0.462 e. The molecule has 0 N–H and O–H groups in total. The van der Waals surface area contributed by atoms with Crippen LogP contribution >= 0.6 is 0 Å². The van der Waals surface area contributed by atoms with E-state index in [4.69, 9.17) is 14.2 Å². The average molecular weight is 964 g/mol. The number of carbonyl (C=O) groups is 3. The fourth-order valence-corrected chi connectivity index (χ4v) is 8.18. The summed E-state index contributed by atoms with van der Waals surface area (Å²) in [5.74, 6) is -0.926. The molecule has 0 fully saturated rings. The zero-order valence-electron chi connectivity index (χ0n) is 45.6. The molecular formula is C63H110O6. The van der Waals surface area contributed by atoms with Crippen molar-refractivity contribution in [1.29, 1.82) is 0 Å². The lowest BCUT2D eigenvalue weighted by Crippen LogP contribution is -2.30. The topological polar surface area (TPSA) is 78.9 Å². The summed E-state index contributed by atoms with van der Waals surface area (Å²) in [6.45, 7) is 6.58. The quantitative estimate of drug-likeness (QED) is 0.0262. The van der Waals surface area contributed by atoms with Gasteiger partial charge in [-0.05, 0) is 116 Å². The highest BCUT2D eigenvalue weighted by molar-refractivity contribution is 5.71. The summed E-state index contributed by atoms with van der Waals surface area (Å²) < 4.78 is 16.9. The van der Waals surface area contributed by atoms with Crippen molar-refractivity contribution in [1.82, 2.24) is 0 Å². The molecule has 0 aromatic rings. The number of carbonyl (C=O) groups excluding carboxylic acids is 3. The Hall–Kier alpha value is -3.15. The van der Waals surface area contributed by atoms with Crippen molar-refractivity contribution in [2.75, 3.05) is 13.2 Å². The number of rotatable bonds is 53. The van der Waals surface area contributed by atoms with E-state index in [0.29, 0.717) is 19.3 Å². The number of allylic oxidation sites excluding steroid dienone is 12. The second-order valence-electron chi connectivity index (χ2n) is 19.5. The van der Waals surface area contributed by atoms with E-state index in [1.165, 1.54) is 154 Å². The lowest BCUT2D eigenvalue weighted by molar-refractivity contribution is -0.167. The highest BCUT2D eigenvalue weighted by Crippen LogP contribution is 2.15. The standard InChI is InChI=1S/C63H110O6/c1-4-7-10-13-16-19-22-25-28-30-31-33-36-38-41-44-47-50-53-56-62(65)68-59-60(69-63(66)57-54-51-48-45-42-39-34-27-24-21-18-15-12-9-6-3)58-67-61(64)55-52-49-46-43-40-37-35-32-29-26-23-20-17-14-11-8-5-2/h16,19,25-29,31,33-34,38,41,60H,4-15,17-18,20-24,30,32,35-37,39-40,42-59H2,1-3H3/b19-16-,28-25-,29-26-,33-31-,34-27-,41-38-/t60-/m0/s1. The number of ether oxygens (including phenoxy) is 3. The molecule has 398 valence electrons. The van der Waals surface area contributed by atoms with Crippen LogP contribution in [-0.2, 0) is 28.6 Å². The molecule has 0 aliphatic carbocycles. The van der Waals surface area contributed by atoms with Crippen LogP contribution in [0.4, 0.5) is 0 Å². The van der Waals surface area contributed by atoms with E-state index >= 15 is 0 Å². The van der Waals surface area contributed by atoms with Crippen LogP contribution in [0.2, 0.25) is 0 Å². The number of hydrogen-bond acceptors (Lipinski definition) is 6. The van der Waals surface area contributed by atoms with E-state index in [2.05, 4.69) is 93.7 Å². The van der Waals surface area contributed by atoms with Gasteiger partial charge in [0.2, 0.25) is 0 Å². The Kier molecular flexibility index (Phi) is 54.8. The van der Waals surface area contributed by atoms with Crippen LogP contribution in [0.1, 0.15) is 290 Å². The van der Waals surface area contributed by atoms with Crippen LogP contribution in [0.5, 0.6) is 0 Å². The molecule has 0 rings (SSSR count). The predicted octanol–water partition coefficient (Wildman–Crippen LogP) is 19.8. The highest BCUT2D eigenvalue weighted by atomic mass is 16.6. The Morgan fingerprint density at radius 3 is 0.870 bits per heavy atom. The summed E-state index contributed by atoms with van der Waals surface area (Å²) in [6, 6.07) is 0. The molecule has 6 nitrogen and oxygen atoms in total. The highest BCUT2D eigenvalue weighted by Gasteiger charge is 2.19. The van der Waals surface area contributed by atoms with Gasteiger partial charge in [-0.15, -0.1) is 0 Å². The van der Waals surface area contributed by atoms with E-state index in [-0.39, 0.29) is 31.1 Å². The maximum atomic E-state index is 12.9. The Labute approximate surface area is 427 Å². The third-order valence-corrected chi connectivity index (χ3v) is 12.7. The summed E-state index contributed by atoms with van der Waals surface area (Å²) in [4.78, 5) is 38.2. The smallest absolute Gasteiger partial charge is 0.306 e. The molecular weight excluding hydrogens is 853 g/mol. The fourth-order valence-electron chi connectivity index (χ4n) is 8.18. The van der Waals surface area contributed by atoms with Gasteiger partial charge in [-0.25, -0.2) is 0 Å². The van der Waals surface area contributed by atoms with E-state index in [1.54, 1.807) is 0 Å². The Balaban J connectivity index is 4.44. The summed E-state index contributed by atoms with van der Waals surface area (Å²) >= 11 is 0. The van der Waals surface area contributed by atoms with Gasteiger partial charge in [-0.2, -0.15) is 0 Å². The van der Waals surface area contributed by atoms with E-state index in [0.717, 1.165) is 96.3 Å². The molecule has 0 saturated heterocycles. The van der Waals surface area contributed by atoms with Crippen molar-refractivity contribution in [3.05, 3.63) is 72.9 Å². The van der Waals surface area contributed by atoms with Crippen LogP contribution < -0.4 is 0 Å². The van der Waals surface area contributed by atoms with Crippen molar-refractivity contribution in [2.45, 2.75) is 297 Å². The third-order valence-electron chi connectivity index (χ3n) is 12.7. The molecule has 69 heavy (non-hydrogen) atoms. The molecule has 0 aromatic carbocycles. The number of hydrogen-bond donors (Lipinski definition) is 0. The van der Waals surface area contributed by atoms with Gasteiger partial charge >= 0.3 is 17.9 Å². The van der Waals surface area contributed by atoms with Crippen LogP contribution in [0.3, 0.4) is 0 Å². The SMILES string of the molecule is CCCCC/C=C\C/C=C\C/C=C\C/C=C\CCCCCC(=O)OC[C@H](COC(=O)CCCCCCCCC/C=C\CCCCCCCC)OC(=O)CCCCCCC/C=C\CCCCCCCC. The molecule has 0 aliphatic rings. The zero-order chi connectivity index (χ0) is 50.0.